The number of nitrogens with two attached hydrogens (primary N) is 1. The largest absolute Gasteiger partial charge is 0.330 e. The van der Waals surface area contributed by atoms with Crippen LogP contribution in [0.5, 0.6) is 0 Å². The molecule has 0 amide bonds. The molecule has 2 N–H and O–H groups in total. The van der Waals surface area contributed by atoms with Crippen molar-refractivity contribution in [3.63, 3.8) is 0 Å². The van der Waals surface area contributed by atoms with Gasteiger partial charge in [0.1, 0.15) is 0 Å². The zero-order chi connectivity index (χ0) is 7.94. The highest BCUT2D eigenvalue weighted by Crippen LogP contribution is 1.91. The molecule has 0 saturated heterocycles. The van der Waals surface area contributed by atoms with Gasteiger partial charge in [-0.15, -0.1) is 0 Å². The standard InChI is InChI=1S/C9H10N2/c10-6-2-1-3-9-4-7-11-8-5-9/h4-5,7-8H,2,6,10H2. The van der Waals surface area contributed by atoms with Crippen molar-refractivity contribution in [3.05, 3.63) is 30.1 Å². The summed E-state index contributed by atoms with van der Waals surface area (Å²) in [6.45, 7) is 0.623. The van der Waals surface area contributed by atoms with Crippen LogP contribution in [0.25, 0.3) is 0 Å². The topological polar surface area (TPSA) is 38.9 Å². The Morgan fingerprint density at radius 3 is 2.73 bits per heavy atom. The third kappa shape index (κ3) is 2.83. The lowest BCUT2D eigenvalue weighted by Gasteiger charge is -1.85. The summed E-state index contributed by atoms with van der Waals surface area (Å²) in [5.74, 6) is 5.92. The third-order valence-corrected chi connectivity index (χ3v) is 1.18. The number of pyridine rings is 1. The second kappa shape index (κ2) is 4.48. The van der Waals surface area contributed by atoms with Crippen molar-refractivity contribution in [1.82, 2.24) is 4.98 Å². The first-order chi connectivity index (χ1) is 5.43. The van der Waals surface area contributed by atoms with Crippen molar-refractivity contribution in [2.75, 3.05) is 6.54 Å². The minimum atomic E-state index is 0.623. The van der Waals surface area contributed by atoms with Crippen LogP contribution in [0.4, 0.5) is 0 Å². The Bertz CT molecular complexity index is 256. The van der Waals surface area contributed by atoms with Crippen LogP contribution < -0.4 is 5.73 Å². The fraction of sp³-hybridized carbons (Fsp3) is 0.222. The summed E-state index contributed by atoms with van der Waals surface area (Å²) in [7, 11) is 0. The Kier molecular flexibility index (Phi) is 3.17. The lowest BCUT2D eigenvalue weighted by Crippen LogP contribution is -1.95. The number of nitrogens with zero attached hydrogens (tertiary/aromatic N) is 1. The van der Waals surface area contributed by atoms with Crippen molar-refractivity contribution in [2.24, 2.45) is 5.73 Å². The Hall–Kier alpha value is -1.33. The van der Waals surface area contributed by atoms with E-state index in [9.17, 15) is 0 Å². The second-order valence-corrected chi connectivity index (χ2v) is 2.08. The fourth-order valence-corrected chi connectivity index (χ4v) is 0.672. The summed E-state index contributed by atoms with van der Waals surface area (Å²) in [5, 5.41) is 0. The van der Waals surface area contributed by atoms with Gasteiger partial charge in [0.15, 0.2) is 0 Å². The molecule has 2 heteroatoms. The lowest BCUT2D eigenvalue weighted by molar-refractivity contribution is 1.03. The molecule has 0 aromatic carbocycles. The van der Waals surface area contributed by atoms with E-state index in [1.807, 2.05) is 12.1 Å². The molecule has 1 aromatic heterocycles. The molecule has 0 aliphatic heterocycles. The number of rotatable bonds is 1. The Labute approximate surface area is 66.4 Å². The minimum absolute atomic E-state index is 0.623. The molecule has 0 aliphatic carbocycles. The van der Waals surface area contributed by atoms with Gasteiger partial charge in [-0.05, 0) is 12.1 Å². The molecule has 56 valence electrons. The zero-order valence-electron chi connectivity index (χ0n) is 6.25. The first-order valence-electron chi connectivity index (χ1n) is 3.52. The van der Waals surface area contributed by atoms with Gasteiger partial charge in [-0.2, -0.15) is 0 Å². The van der Waals surface area contributed by atoms with Crippen molar-refractivity contribution < 1.29 is 0 Å². The summed E-state index contributed by atoms with van der Waals surface area (Å²) in [5.41, 5.74) is 6.27. The van der Waals surface area contributed by atoms with Gasteiger partial charge in [-0.1, -0.05) is 11.8 Å². The highest BCUT2D eigenvalue weighted by Gasteiger charge is 1.80. The molecule has 0 unspecified atom stereocenters. The maximum Gasteiger partial charge on any atom is 0.0280 e. The van der Waals surface area contributed by atoms with Crippen molar-refractivity contribution in [3.8, 4) is 11.8 Å². The lowest BCUT2D eigenvalue weighted by atomic mass is 10.2. The summed E-state index contributed by atoms with van der Waals surface area (Å²) in [6.07, 6.45) is 4.21. The predicted octanol–water partition coefficient (Wildman–Crippen LogP) is 0.782. The molecule has 0 radical (unpaired) electrons. The second-order valence-electron chi connectivity index (χ2n) is 2.08. The van der Waals surface area contributed by atoms with E-state index in [0.29, 0.717) is 6.54 Å². The fourth-order valence-electron chi connectivity index (χ4n) is 0.672. The number of hydrogen-bond acceptors (Lipinski definition) is 2. The van der Waals surface area contributed by atoms with E-state index in [1.165, 1.54) is 0 Å². The normalized spacial score (nSPS) is 8.45. The smallest absolute Gasteiger partial charge is 0.0280 e. The predicted molar refractivity (Wildman–Crippen MR) is 44.8 cm³/mol. The maximum absolute atomic E-state index is 5.28. The van der Waals surface area contributed by atoms with Gasteiger partial charge in [-0.3, -0.25) is 4.98 Å². The molecule has 0 atom stereocenters. The van der Waals surface area contributed by atoms with Gasteiger partial charge in [-0.25, -0.2) is 0 Å². The molecular weight excluding hydrogens is 136 g/mol. The molecule has 0 aliphatic rings. The van der Waals surface area contributed by atoms with Crippen LogP contribution in [0.15, 0.2) is 24.5 Å². The molecule has 0 fully saturated rings. The molecular formula is C9H10N2. The van der Waals surface area contributed by atoms with E-state index in [0.717, 1.165) is 12.0 Å². The van der Waals surface area contributed by atoms with Crippen LogP contribution in [0, 0.1) is 11.8 Å². The molecule has 0 saturated carbocycles. The first-order valence-corrected chi connectivity index (χ1v) is 3.52. The van der Waals surface area contributed by atoms with Gasteiger partial charge in [0.05, 0.1) is 0 Å². The molecule has 2 nitrogen and oxygen atoms in total. The molecule has 11 heavy (non-hydrogen) atoms. The van der Waals surface area contributed by atoms with Crippen LogP contribution in [-0.2, 0) is 0 Å². The van der Waals surface area contributed by atoms with E-state index in [2.05, 4.69) is 16.8 Å². The van der Waals surface area contributed by atoms with E-state index in [-0.39, 0.29) is 0 Å². The van der Waals surface area contributed by atoms with E-state index < -0.39 is 0 Å². The molecule has 0 spiro atoms. The van der Waals surface area contributed by atoms with Crippen LogP contribution >= 0.6 is 0 Å². The van der Waals surface area contributed by atoms with Crippen LogP contribution in [0.2, 0.25) is 0 Å². The maximum atomic E-state index is 5.28. The van der Waals surface area contributed by atoms with E-state index in [4.69, 9.17) is 5.73 Å². The summed E-state index contributed by atoms with van der Waals surface area (Å²) < 4.78 is 0. The summed E-state index contributed by atoms with van der Waals surface area (Å²) in [6, 6.07) is 3.76. The van der Waals surface area contributed by atoms with Gasteiger partial charge in [0.2, 0.25) is 0 Å². The summed E-state index contributed by atoms with van der Waals surface area (Å²) >= 11 is 0. The average Bonchev–Trinajstić information content (AvgIpc) is 2.07. The van der Waals surface area contributed by atoms with Gasteiger partial charge < -0.3 is 5.73 Å². The average molecular weight is 146 g/mol. The van der Waals surface area contributed by atoms with Gasteiger partial charge in [0.25, 0.3) is 0 Å². The van der Waals surface area contributed by atoms with Crippen molar-refractivity contribution >= 4 is 0 Å². The zero-order valence-corrected chi connectivity index (χ0v) is 6.25. The highest BCUT2D eigenvalue weighted by molar-refractivity contribution is 5.31. The minimum Gasteiger partial charge on any atom is -0.330 e. The quantitative estimate of drug-likeness (QED) is 0.595. The molecule has 1 aromatic rings. The SMILES string of the molecule is NCCC#Cc1ccncc1. The molecule has 1 heterocycles. The number of hydrogen-bond donors (Lipinski definition) is 1. The molecule has 1 rings (SSSR count). The Morgan fingerprint density at radius 2 is 2.09 bits per heavy atom. The monoisotopic (exact) mass is 146 g/mol. The van der Waals surface area contributed by atoms with Gasteiger partial charge in [0, 0.05) is 30.9 Å². The van der Waals surface area contributed by atoms with Crippen molar-refractivity contribution in [2.45, 2.75) is 6.42 Å². The van der Waals surface area contributed by atoms with E-state index in [1.54, 1.807) is 12.4 Å². The molecule has 0 bridgehead atoms. The highest BCUT2D eigenvalue weighted by atomic mass is 14.6. The third-order valence-electron chi connectivity index (χ3n) is 1.18. The Balaban J connectivity index is 2.59. The number of aromatic nitrogens is 1. The van der Waals surface area contributed by atoms with E-state index >= 15 is 0 Å². The first kappa shape index (κ1) is 7.77. The van der Waals surface area contributed by atoms with Crippen molar-refractivity contribution in [1.29, 1.82) is 0 Å². The summed E-state index contributed by atoms with van der Waals surface area (Å²) in [4.78, 5) is 3.88. The van der Waals surface area contributed by atoms with Crippen LogP contribution in [0.3, 0.4) is 0 Å². The Morgan fingerprint density at radius 1 is 1.36 bits per heavy atom. The van der Waals surface area contributed by atoms with Crippen LogP contribution in [0.1, 0.15) is 12.0 Å². The van der Waals surface area contributed by atoms with Gasteiger partial charge >= 0.3 is 0 Å². The van der Waals surface area contributed by atoms with Crippen LogP contribution in [-0.4, -0.2) is 11.5 Å².